The van der Waals surface area contributed by atoms with E-state index in [4.69, 9.17) is 24.4 Å². The van der Waals surface area contributed by atoms with Gasteiger partial charge in [-0.05, 0) is 45.8 Å². The molecule has 0 aliphatic rings. The molecule has 0 saturated heterocycles. The minimum Gasteiger partial charge on any atom is -0.456 e. The normalized spacial score (nSPS) is 11.8. The molecule has 0 N–H and O–H groups in total. The SMILES string of the molecule is c1ccc(-c2nc(-c3ccccc3)nc(-c3cccc4c3ccc3cc5oc6ccc7sc(-c8ccccc8)nc7c6c5cc34)n2)cc1. The van der Waals surface area contributed by atoms with Crippen LogP contribution in [0.3, 0.4) is 0 Å². The molecular weight excluding hydrogens is 609 g/mol. The van der Waals surface area contributed by atoms with E-state index < -0.39 is 0 Å². The minimum absolute atomic E-state index is 0.639. The molecule has 0 radical (unpaired) electrons. The van der Waals surface area contributed by atoms with E-state index in [1.807, 2.05) is 66.7 Å². The van der Waals surface area contributed by atoms with Crippen LogP contribution in [-0.2, 0) is 0 Å². The van der Waals surface area contributed by atoms with Crippen molar-refractivity contribution in [1.29, 1.82) is 0 Å². The van der Waals surface area contributed by atoms with Crippen molar-refractivity contribution in [2.45, 2.75) is 0 Å². The van der Waals surface area contributed by atoms with Gasteiger partial charge >= 0.3 is 0 Å². The number of nitrogens with zero attached hydrogens (tertiary/aromatic N) is 4. The number of hydrogen-bond donors (Lipinski definition) is 0. The van der Waals surface area contributed by atoms with Gasteiger partial charge in [0.15, 0.2) is 17.5 Å². The van der Waals surface area contributed by atoms with Gasteiger partial charge in [0.25, 0.3) is 0 Å². The van der Waals surface area contributed by atoms with Gasteiger partial charge in [0.05, 0.1) is 15.6 Å². The van der Waals surface area contributed by atoms with Gasteiger partial charge in [0.2, 0.25) is 0 Å². The summed E-state index contributed by atoms with van der Waals surface area (Å²) < 4.78 is 7.58. The summed E-state index contributed by atoms with van der Waals surface area (Å²) in [6.45, 7) is 0. The first-order valence-corrected chi connectivity index (χ1v) is 16.6. The average Bonchev–Trinajstić information content (AvgIpc) is 3.76. The highest BCUT2D eigenvalue weighted by molar-refractivity contribution is 7.21. The zero-order valence-corrected chi connectivity index (χ0v) is 26.3. The lowest BCUT2D eigenvalue weighted by molar-refractivity contribution is 0.670. The molecule has 0 bridgehead atoms. The molecule has 0 spiro atoms. The zero-order valence-electron chi connectivity index (χ0n) is 25.5. The van der Waals surface area contributed by atoms with E-state index in [0.29, 0.717) is 17.5 Å². The first-order chi connectivity index (χ1) is 23.8. The average molecular weight is 633 g/mol. The van der Waals surface area contributed by atoms with Gasteiger partial charge < -0.3 is 4.42 Å². The Labute approximate surface area is 278 Å². The van der Waals surface area contributed by atoms with Crippen LogP contribution in [0.2, 0.25) is 0 Å². The van der Waals surface area contributed by atoms with Crippen molar-refractivity contribution in [3.63, 3.8) is 0 Å². The molecule has 10 aromatic rings. The third-order valence-corrected chi connectivity index (χ3v) is 10.0. The van der Waals surface area contributed by atoms with Gasteiger partial charge in [0.1, 0.15) is 16.2 Å². The maximum absolute atomic E-state index is 6.44. The minimum atomic E-state index is 0.639. The lowest BCUT2D eigenvalue weighted by Gasteiger charge is -2.11. The van der Waals surface area contributed by atoms with Crippen LogP contribution in [0.1, 0.15) is 0 Å². The van der Waals surface area contributed by atoms with Crippen LogP contribution < -0.4 is 0 Å². The van der Waals surface area contributed by atoms with Gasteiger partial charge in [-0.15, -0.1) is 11.3 Å². The monoisotopic (exact) mass is 632 g/mol. The largest absolute Gasteiger partial charge is 0.456 e. The first-order valence-electron chi connectivity index (χ1n) is 15.8. The lowest BCUT2D eigenvalue weighted by atomic mass is 9.96. The Bertz CT molecular complexity index is 2770. The molecule has 3 heterocycles. The Hall–Kier alpha value is -6.24. The third kappa shape index (κ3) is 4.31. The van der Waals surface area contributed by atoms with E-state index in [1.165, 1.54) is 0 Å². The molecule has 224 valence electrons. The predicted octanol–water partition coefficient (Wildman–Crippen LogP) is 11.4. The third-order valence-electron chi connectivity index (χ3n) is 8.95. The summed E-state index contributed by atoms with van der Waals surface area (Å²) in [4.78, 5) is 20.1. The van der Waals surface area contributed by atoms with Gasteiger partial charge in [-0.1, -0.05) is 121 Å². The maximum atomic E-state index is 6.44. The summed E-state index contributed by atoms with van der Waals surface area (Å²) in [5.74, 6) is 1.93. The molecule has 0 saturated carbocycles. The summed E-state index contributed by atoms with van der Waals surface area (Å²) in [6, 6.07) is 49.8. The Morgan fingerprint density at radius 1 is 0.438 bits per heavy atom. The van der Waals surface area contributed by atoms with E-state index in [9.17, 15) is 0 Å². The Morgan fingerprint density at radius 3 is 1.81 bits per heavy atom. The molecule has 7 aromatic carbocycles. The molecule has 0 unspecified atom stereocenters. The van der Waals surface area contributed by atoms with Gasteiger partial charge in [-0.2, -0.15) is 0 Å². The second-order valence-corrected chi connectivity index (χ2v) is 12.9. The van der Waals surface area contributed by atoms with Crippen LogP contribution in [0.15, 0.2) is 150 Å². The molecule has 0 aliphatic heterocycles. The topological polar surface area (TPSA) is 64.7 Å². The number of thiazole rings is 1. The zero-order chi connectivity index (χ0) is 31.6. The molecule has 6 heteroatoms. The highest BCUT2D eigenvalue weighted by Gasteiger charge is 2.18. The van der Waals surface area contributed by atoms with Crippen LogP contribution in [0.5, 0.6) is 0 Å². The number of fused-ring (bicyclic) bond motifs is 8. The van der Waals surface area contributed by atoms with Crippen LogP contribution in [0, 0.1) is 0 Å². The first kappa shape index (κ1) is 26.9. The predicted molar refractivity (Wildman–Crippen MR) is 197 cm³/mol. The molecule has 0 fully saturated rings. The fraction of sp³-hybridized carbons (Fsp3) is 0. The standard InChI is InChI=1S/C42H24N4OS/c1-4-11-25(12-5-1)39-44-40(26-13-6-2-7-14-26)46-41(45-39)31-18-10-17-29-30(31)20-19-28-23-35-33(24-32(28)29)37-34(47-35)21-22-36-38(37)43-42(48-36)27-15-8-3-9-16-27/h1-24H. The summed E-state index contributed by atoms with van der Waals surface area (Å²) in [5.41, 5.74) is 6.64. The fourth-order valence-electron chi connectivity index (χ4n) is 6.67. The van der Waals surface area contributed by atoms with E-state index >= 15 is 0 Å². The fourth-order valence-corrected chi connectivity index (χ4v) is 7.65. The number of aromatic nitrogens is 4. The maximum Gasteiger partial charge on any atom is 0.164 e. The van der Waals surface area contributed by atoms with Crippen molar-refractivity contribution in [3.05, 3.63) is 146 Å². The Kier molecular flexibility index (Phi) is 5.98. The molecule has 48 heavy (non-hydrogen) atoms. The summed E-state index contributed by atoms with van der Waals surface area (Å²) in [5, 5.41) is 7.56. The van der Waals surface area contributed by atoms with Crippen molar-refractivity contribution >= 4 is 65.0 Å². The van der Waals surface area contributed by atoms with Crippen LogP contribution in [-0.4, -0.2) is 19.9 Å². The molecule has 0 amide bonds. The van der Waals surface area contributed by atoms with Gasteiger partial charge in [0, 0.05) is 27.6 Å². The molecular formula is C42H24N4OS. The highest BCUT2D eigenvalue weighted by Crippen LogP contribution is 2.42. The lowest BCUT2D eigenvalue weighted by Crippen LogP contribution is -2.00. The van der Waals surface area contributed by atoms with E-state index in [0.717, 1.165) is 81.0 Å². The summed E-state index contributed by atoms with van der Waals surface area (Å²) >= 11 is 1.71. The van der Waals surface area contributed by atoms with Crippen molar-refractivity contribution in [1.82, 2.24) is 19.9 Å². The van der Waals surface area contributed by atoms with Crippen molar-refractivity contribution < 1.29 is 4.42 Å². The molecule has 3 aromatic heterocycles. The Morgan fingerprint density at radius 2 is 1.10 bits per heavy atom. The second kappa shape index (κ2) is 10.7. The molecule has 0 atom stereocenters. The van der Waals surface area contributed by atoms with Gasteiger partial charge in [-0.3, -0.25) is 0 Å². The van der Waals surface area contributed by atoms with E-state index in [2.05, 4.69) is 78.9 Å². The second-order valence-electron chi connectivity index (χ2n) is 11.8. The quantitative estimate of drug-likeness (QED) is 0.181. The van der Waals surface area contributed by atoms with Crippen LogP contribution >= 0.6 is 11.3 Å². The summed E-state index contributed by atoms with van der Waals surface area (Å²) in [6.07, 6.45) is 0. The van der Waals surface area contributed by atoms with Crippen molar-refractivity contribution in [2.75, 3.05) is 0 Å². The number of furan rings is 1. The number of benzene rings is 7. The summed E-state index contributed by atoms with van der Waals surface area (Å²) in [7, 11) is 0. The van der Waals surface area contributed by atoms with Crippen molar-refractivity contribution in [3.8, 4) is 44.7 Å². The highest BCUT2D eigenvalue weighted by atomic mass is 32.1. The van der Waals surface area contributed by atoms with E-state index in [-0.39, 0.29) is 0 Å². The number of hydrogen-bond acceptors (Lipinski definition) is 6. The van der Waals surface area contributed by atoms with Gasteiger partial charge in [-0.25, -0.2) is 19.9 Å². The molecule has 0 aliphatic carbocycles. The van der Waals surface area contributed by atoms with E-state index in [1.54, 1.807) is 11.3 Å². The van der Waals surface area contributed by atoms with Crippen molar-refractivity contribution in [2.24, 2.45) is 0 Å². The van der Waals surface area contributed by atoms with Crippen LogP contribution in [0.25, 0.3) is 98.4 Å². The number of rotatable bonds is 4. The molecule has 5 nitrogen and oxygen atoms in total. The Balaban J connectivity index is 1.20. The molecule has 10 rings (SSSR count). The smallest absolute Gasteiger partial charge is 0.164 e. The van der Waals surface area contributed by atoms with Crippen LogP contribution in [0.4, 0.5) is 0 Å².